The molecule has 6 nitrogen and oxygen atoms in total. The number of aliphatic imine (C=N–C) groups is 1. The third-order valence-electron chi connectivity index (χ3n) is 3.77. The molecule has 0 radical (unpaired) electrons. The molecule has 7 heteroatoms. The van der Waals surface area contributed by atoms with Crippen molar-refractivity contribution >= 4 is 29.9 Å². The molecule has 0 saturated carbocycles. The fourth-order valence-corrected chi connectivity index (χ4v) is 2.46. The molecule has 1 aromatic heterocycles. The van der Waals surface area contributed by atoms with Gasteiger partial charge in [-0.15, -0.1) is 24.0 Å². The van der Waals surface area contributed by atoms with Gasteiger partial charge in [0.15, 0.2) is 5.96 Å². The van der Waals surface area contributed by atoms with E-state index < -0.39 is 0 Å². The smallest absolute Gasteiger partial charge is 0.191 e. The molecule has 0 spiro atoms. The fourth-order valence-electron chi connectivity index (χ4n) is 2.46. The molecule has 142 valence electrons. The van der Waals surface area contributed by atoms with Crippen molar-refractivity contribution in [2.24, 2.45) is 4.99 Å². The van der Waals surface area contributed by atoms with Crippen LogP contribution in [0.2, 0.25) is 0 Å². The molecule has 0 amide bonds. The lowest BCUT2D eigenvalue weighted by Gasteiger charge is -2.11. The quantitative estimate of drug-likeness (QED) is 0.211. The van der Waals surface area contributed by atoms with Gasteiger partial charge in [0.05, 0.1) is 25.0 Å². The number of H-pyrrole nitrogens is 1. The summed E-state index contributed by atoms with van der Waals surface area (Å²) in [5.74, 6) is 2.42. The maximum atomic E-state index is 5.65. The van der Waals surface area contributed by atoms with Crippen molar-refractivity contribution in [3.8, 4) is 17.0 Å². The summed E-state index contributed by atoms with van der Waals surface area (Å²) in [6.45, 7) is 1.78. The molecular formula is C20H24IN5O. The number of ether oxygens (including phenoxy) is 1. The monoisotopic (exact) mass is 477 g/mol. The molecule has 0 saturated heterocycles. The molecule has 0 aliphatic carbocycles. The summed E-state index contributed by atoms with van der Waals surface area (Å²) in [6, 6.07) is 19.9. The van der Waals surface area contributed by atoms with Crippen molar-refractivity contribution in [3.63, 3.8) is 0 Å². The number of guanidine groups is 1. The molecule has 0 bridgehead atoms. The zero-order chi connectivity index (χ0) is 18.0. The molecule has 0 aliphatic heterocycles. The minimum atomic E-state index is 0. The number of hydrogen-bond donors (Lipinski definition) is 3. The van der Waals surface area contributed by atoms with Gasteiger partial charge >= 0.3 is 0 Å². The van der Waals surface area contributed by atoms with E-state index >= 15 is 0 Å². The Bertz CT molecular complexity index is 821. The lowest BCUT2D eigenvalue weighted by molar-refractivity contribution is 0.322. The maximum absolute atomic E-state index is 5.65. The van der Waals surface area contributed by atoms with Gasteiger partial charge in [0, 0.05) is 7.05 Å². The topological polar surface area (TPSA) is 74.3 Å². The van der Waals surface area contributed by atoms with Crippen molar-refractivity contribution in [1.82, 2.24) is 20.6 Å². The second-order valence-electron chi connectivity index (χ2n) is 5.62. The summed E-state index contributed by atoms with van der Waals surface area (Å²) in [7, 11) is 1.74. The van der Waals surface area contributed by atoms with Crippen LogP contribution < -0.4 is 15.4 Å². The molecule has 2 aromatic carbocycles. The molecule has 0 aliphatic rings. The van der Waals surface area contributed by atoms with Crippen molar-refractivity contribution in [1.29, 1.82) is 0 Å². The van der Waals surface area contributed by atoms with E-state index in [1.54, 1.807) is 7.05 Å². The number of halogens is 1. The average molecular weight is 477 g/mol. The zero-order valence-corrected chi connectivity index (χ0v) is 17.5. The van der Waals surface area contributed by atoms with Gasteiger partial charge in [-0.05, 0) is 17.7 Å². The lowest BCUT2D eigenvalue weighted by atomic mass is 10.2. The normalized spacial score (nSPS) is 10.8. The molecule has 27 heavy (non-hydrogen) atoms. The molecule has 3 N–H and O–H groups in total. The van der Waals surface area contributed by atoms with Crippen LogP contribution in [0.5, 0.6) is 5.75 Å². The van der Waals surface area contributed by atoms with Crippen LogP contribution in [0, 0.1) is 0 Å². The number of nitrogens with zero attached hydrogens (tertiary/aromatic N) is 2. The van der Waals surface area contributed by atoms with Crippen LogP contribution in [0.25, 0.3) is 11.3 Å². The maximum Gasteiger partial charge on any atom is 0.191 e. The Hall–Kier alpha value is -2.55. The highest BCUT2D eigenvalue weighted by atomic mass is 127. The predicted octanol–water partition coefficient (Wildman–Crippen LogP) is 3.44. The summed E-state index contributed by atoms with van der Waals surface area (Å²) < 4.78 is 5.65. The molecule has 1 heterocycles. The number of imidazole rings is 1. The average Bonchev–Trinajstić information content (AvgIpc) is 3.18. The highest BCUT2D eigenvalue weighted by Crippen LogP contribution is 2.15. The van der Waals surface area contributed by atoms with Crippen LogP contribution in [-0.2, 0) is 6.54 Å². The second-order valence-corrected chi connectivity index (χ2v) is 5.62. The SMILES string of the molecule is CN=C(NCCOc1ccccc1)NCc1ncc(-c2ccccc2)[nH]1.I. The Balaban J connectivity index is 0.00000261. The molecule has 0 atom stereocenters. The van der Waals surface area contributed by atoms with Crippen LogP contribution in [0.3, 0.4) is 0 Å². The standard InChI is InChI=1S/C20H23N5O.HI/c1-21-20(22-12-13-26-17-10-6-3-7-11-17)24-15-19-23-14-18(25-19)16-8-4-2-5-9-16;/h2-11,14H,12-13,15H2,1H3,(H,23,25)(H2,21,22,24);1H. The number of para-hydroxylation sites is 1. The fraction of sp³-hybridized carbons (Fsp3) is 0.200. The van der Waals surface area contributed by atoms with Crippen LogP contribution in [0.1, 0.15) is 5.82 Å². The van der Waals surface area contributed by atoms with Crippen LogP contribution in [0.15, 0.2) is 71.9 Å². The summed E-state index contributed by atoms with van der Waals surface area (Å²) in [5.41, 5.74) is 2.12. The van der Waals surface area contributed by atoms with Gasteiger partial charge in [0.1, 0.15) is 18.2 Å². The Morgan fingerprint density at radius 3 is 2.44 bits per heavy atom. The second kappa shape index (κ2) is 11.2. The van der Waals surface area contributed by atoms with E-state index in [2.05, 4.69) is 37.7 Å². The highest BCUT2D eigenvalue weighted by molar-refractivity contribution is 14.0. The number of hydrogen-bond acceptors (Lipinski definition) is 3. The highest BCUT2D eigenvalue weighted by Gasteiger charge is 2.04. The first-order valence-electron chi connectivity index (χ1n) is 8.57. The van der Waals surface area contributed by atoms with E-state index in [-0.39, 0.29) is 24.0 Å². The predicted molar refractivity (Wildman–Crippen MR) is 120 cm³/mol. The van der Waals surface area contributed by atoms with E-state index in [1.807, 2.05) is 54.7 Å². The summed E-state index contributed by atoms with van der Waals surface area (Å²) in [4.78, 5) is 11.9. The van der Waals surface area contributed by atoms with Crippen LogP contribution >= 0.6 is 24.0 Å². The van der Waals surface area contributed by atoms with E-state index in [0.29, 0.717) is 25.7 Å². The van der Waals surface area contributed by atoms with Crippen LogP contribution in [0.4, 0.5) is 0 Å². The summed E-state index contributed by atoms with van der Waals surface area (Å²) in [5, 5.41) is 6.46. The van der Waals surface area contributed by atoms with E-state index in [9.17, 15) is 0 Å². The van der Waals surface area contributed by atoms with Gasteiger partial charge < -0.3 is 20.4 Å². The van der Waals surface area contributed by atoms with E-state index in [4.69, 9.17) is 4.74 Å². The molecular weight excluding hydrogens is 453 g/mol. The van der Waals surface area contributed by atoms with E-state index in [0.717, 1.165) is 22.8 Å². The van der Waals surface area contributed by atoms with Gasteiger partial charge in [-0.2, -0.15) is 0 Å². The number of rotatable bonds is 7. The van der Waals surface area contributed by atoms with Gasteiger partial charge in [0.25, 0.3) is 0 Å². The minimum absolute atomic E-state index is 0. The first-order valence-corrected chi connectivity index (χ1v) is 8.57. The molecule has 3 aromatic rings. The third kappa shape index (κ3) is 6.59. The van der Waals surface area contributed by atoms with Crippen molar-refractivity contribution in [3.05, 3.63) is 72.7 Å². The molecule has 3 rings (SSSR count). The van der Waals surface area contributed by atoms with Crippen LogP contribution in [-0.4, -0.2) is 36.1 Å². The number of nitrogens with one attached hydrogen (secondary N) is 3. The van der Waals surface area contributed by atoms with Crippen molar-refractivity contribution in [2.75, 3.05) is 20.2 Å². The van der Waals surface area contributed by atoms with Gasteiger partial charge in [-0.25, -0.2) is 4.98 Å². The zero-order valence-electron chi connectivity index (χ0n) is 15.2. The molecule has 0 fully saturated rings. The van der Waals surface area contributed by atoms with E-state index in [1.165, 1.54) is 0 Å². The first-order chi connectivity index (χ1) is 12.8. The third-order valence-corrected chi connectivity index (χ3v) is 3.77. The summed E-state index contributed by atoms with van der Waals surface area (Å²) in [6.07, 6.45) is 1.84. The molecule has 0 unspecified atom stereocenters. The number of aromatic amines is 1. The van der Waals surface area contributed by atoms with Gasteiger partial charge in [0.2, 0.25) is 0 Å². The lowest BCUT2D eigenvalue weighted by Crippen LogP contribution is -2.39. The Morgan fingerprint density at radius 2 is 1.74 bits per heavy atom. The first kappa shape index (κ1) is 20.8. The summed E-state index contributed by atoms with van der Waals surface area (Å²) >= 11 is 0. The van der Waals surface area contributed by atoms with Crippen molar-refractivity contribution in [2.45, 2.75) is 6.54 Å². The Kier molecular flexibility index (Phi) is 8.63. The Labute approximate surface area is 176 Å². The van der Waals surface area contributed by atoms with Gasteiger partial charge in [-0.1, -0.05) is 48.5 Å². The Morgan fingerprint density at radius 1 is 1.04 bits per heavy atom. The van der Waals surface area contributed by atoms with Crippen molar-refractivity contribution < 1.29 is 4.74 Å². The van der Waals surface area contributed by atoms with Gasteiger partial charge in [-0.3, -0.25) is 4.99 Å². The number of benzene rings is 2. The largest absolute Gasteiger partial charge is 0.492 e. The number of aromatic nitrogens is 2. The minimum Gasteiger partial charge on any atom is -0.492 e.